The number of hydrogen-bond acceptors (Lipinski definition) is 2. The van der Waals surface area contributed by atoms with E-state index in [1.165, 1.54) is 12.1 Å². The summed E-state index contributed by atoms with van der Waals surface area (Å²) in [5, 5.41) is 5.14. The third-order valence-corrected chi connectivity index (χ3v) is 4.55. The van der Waals surface area contributed by atoms with Crippen LogP contribution in [0.2, 0.25) is 0 Å². The second kappa shape index (κ2) is 6.51. The Kier molecular flexibility index (Phi) is 4.55. The van der Waals surface area contributed by atoms with Gasteiger partial charge in [-0.2, -0.15) is 13.2 Å². The Labute approximate surface area is 149 Å². The number of benzene rings is 2. The van der Waals surface area contributed by atoms with E-state index in [1.54, 1.807) is 24.3 Å². The molecule has 0 fully saturated rings. The molecule has 1 aliphatic heterocycles. The summed E-state index contributed by atoms with van der Waals surface area (Å²) in [6, 6.07) is 10.3. The van der Waals surface area contributed by atoms with E-state index in [0.29, 0.717) is 11.3 Å². The summed E-state index contributed by atoms with van der Waals surface area (Å²) in [7, 11) is 0. The molecule has 2 N–H and O–H groups in total. The maximum atomic E-state index is 13.0. The number of para-hydroxylation sites is 1. The highest BCUT2D eigenvalue weighted by atomic mass is 79.9. The van der Waals surface area contributed by atoms with Crippen molar-refractivity contribution in [2.75, 3.05) is 10.6 Å². The van der Waals surface area contributed by atoms with Crippen molar-refractivity contribution >= 4 is 39.1 Å². The lowest BCUT2D eigenvalue weighted by Crippen LogP contribution is -2.30. The third kappa shape index (κ3) is 3.68. The minimum atomic E-state index is -4.54. The predicted molar refractivity (Wildman–Crippen MR) is 90.2 cm³/mol. The first kappa shape index (κ1) is 17.5. The second-order valence-corrected chi connectivity index (χ2v) is 6.43. The Bertz CT molecular complexity index is 852. The highest BCUT2D eigenvalue weighted by Crippen LogP contribution is 2.37. The van der Waals surface area contributed by atoms with Crippen LogP contribution in [0.1, 0.15) is 23.5 Å². The monoisotopic (exact) mass is 412 g/mol. The van der Waals surface area contributed by atoms with E-state index in [2.05, 4.69) is 26.6 Å². The molecule has 0 saturated heterocycles. The maximum absolute atomic E-state index is 13.0. The van der Waals surface area contributed by atoms with Crippen LogP contribution in [0.25, 0.3) is 0 Å². The van der Waals surface area contributed by atoms with Crippen molar-refractivity contribution in [3.8, 4) is 0 Å². The minimum Gasteiger partial charge on any atom is -0.326 e. The first-order chi connectivity index (χ1) is 11.8. The lowest BCUT2D eigenvalue weighted by molar-refractivity contribution is -0.138. The van der Waals surface area contributed by atoms with Gasteiger partial charge in [-0.1, -0.05) is 34.1 Å². The summed E-state index contributed by atoms with van der Waals surface area (Å²) in [4.78, 5) is 24.3. The zero-order valence-electron chi connectivity index (χ0n) is 12.7. The quantitative estimate of drug-likeness (QED) is 0.760. The van der Waals surface area contributed by atoms with Crippen molar-refractivity contribution < 1.29 is 22.8 Å². The van der Waals surface area contributed by atoms with E-state index in [0.717, 1.165) is 6.07 Å². The molecule has 1 atom stereocenters. The topological polar surface area (TPSA) is 58.2 Å². The number of halogens is 4. The molecular weight excluding hydrogens is 401 g/mol. The van der Waals surface area contributed by atoms with Gasteiger partial charge in [0.05, 0.1) is 11.5 Å². The molecule has 0 aromatic heterocycles. The largest absolute Gasteiger partial charge is 0.417 e. The van der Waals surface area contributed by atoms with Crippen LogP contribution in [-0.4, -0.2) is 11.8 Å². The lowest BCUT2D eigenvalue weighted by Gasteiger charge is -2.25. The van der Waals surface area contributed by atoms with E-state index in [-0.39, 0.29) is 22.5 Å². The Morgan fingerprint density at radius 1 is 1.20 bits per heavy atom. The molecule has 130 valence electrons. The molecule has 0 spiro atoms. The maximum Gasteiger partial charge on any atom is 0.417 e. The average Bonchev–Trinajstić information content (AvgIpc) is 2.54. The molecule has 0 unspecified atom stereocenters. The number of fused-ring (bicyclic) bond motifs is 1. The SMILES string of the molecule is O=C1C[C@H](C(=O)Nc2ccc(Br)c(C(F)(F)F)c2)c2ccccc2N1. The Morgan fingerprint density at radius 2 is 1.92 bits per heavy atom. The zero-order chi connectivity index (χ0) is 18.2. The van der Waals surface area contributed by atoms with Crippen LogP contribution in [0.15, 0.2) is 46.9 Å². The molecular formula is C17H12BrF3N2O2. The van der Waals surface area contributed by atoms with Crippen LogP contribution in [0, 0.1) is 0 Å². The Balaban J connectivity index is 1.87. The summed E-state index contributed by atoms with van der Waals surface area (Å²) >= 11 is 2.85. The molecule has 2 aromatic carbocycles. The minimum absolute atomic E-state index is 0.0176. The number of carbonyl (C=O) groups is 2. The number of amides is 2. The number of carbonyl (C=O) groups excluding carboxylic acids is 2. The first-order valence-corrected chi connectivity index (χ1v) is 8.11. The van der Waals surface area contributed by atoms with Crippen LogP contribution >= 0.6 is 15.9 Å². The summed E-state index contributed by atoms with van der Waals surface area (Å²) in [5.74, 6) is -1.61. The number of alkyl halides is 3. The number of anilines is 2. The molecule has 8 heteroatoms. The van der Waals surface area contributed by atoms with E-state index in [9.17, 15) is 22.8 Å². The Morgan fingerprint density at radius 3 is 2.64 bits per heavy atom. The Hall–Kier alpha value is -2.35. The average molecular weight is 413 g/mol. The van der Waals surface area contributed by atoms with Crippen LogP contribution in [0.5, 0.6) is 0 Å². The summed E-state index contributed by atoms with van der Waals surface area (Å²) in [5.41, 5.74) is 0.300. The van der Waals surface area contributed by atoms with E-state index < -0.39 is 23.6 Å². The van der Waals surface area contributed by atoms with Gasteiger partial charge in [-0.3, -0.25) is 9.59 Å². The number of nitrogens with one attached hydrogen (secondary N) is 2. The highest BCUT2D eigenvalue weighted by Gasteiger charge is 2.34. The van der Waals surface area contributed by atoms with E-state index in [4.69, 9.17) is 0 Å². The van der Waals surface area contributed by atoms with Gasteiger partial charge in [-0.05, 0) is 29.8 Å². The molecule has 3 rings (SSSR count). The fourth-order valence-corrected chi connectivity index (χ4v) is 3.17. The highest BCUT2D eigenvalue weighted by molar-refractivity contribution is 9.10. The molecule has 1 aliphatic rings. The smallest absolute Gasteiger partial charge is 0.326 e. The molecule has 2 amide bonds. The predicted octanol–water partition coefficient (Wildman–Crippen LogP) is 4.53. The van der Waals surface area contributed by atoms with Crippen molar-refractivity contribution in [1.29, 1.82) is 0 Å². The van der Waals surface area contributed by atoms with Gasteiger partial charge in [0.2, 0.25) is 11.8 Å². The van der Waals surface area contributed by atoms with E-state index in [1.807, 2.05) is 0 Å². The summed E-state index contributed by atoms with van der Waals surface area (Å²) in [6.07, 6.45) is -4.61. The fourth-order valence-electron chi connectivity index (χ4n) is 2.69. The fraction of sp³-hybridized carbons (Fsp3) is 0.176. The van der Waals surface area contributed by atoms with Crippen molar-refractivity contribution in [2.24, 2.45) is 0 Å². The standard InChI is InChI=1S/C17H12BrF3N2O2/c18-13-6-5-9(7-12(13)17(19,20)21)22-16(25)11-8-15(24)23-14-4-2-1-3-10(11)14/h1-7,11H,8H2,(H,22,25)(H,23,24)/t11-/m0/s1. The molecule has 4 nitrogen and oxygen atoms in total. The molecule has 1 heterocycles. The molecule has 25 heavy (non-hydrogen) atoms. The van der Waals surface area contributed by atoms with Gasteiger partial charge in [0.15, 0.2) is 0 Å². The normalized spacial score (nSPS) is 16.8. The third-order valence-electron chi connectivity index (χ3n) is 3.86. The van der Waals surface area contributed by atoms with Crippen LogP contribution in [0.3, 0.4) is 0 Å². The van der Waals surface area contributed by atoms with Gasteiger partial charge in [-0.25, -0.2) is 0 Å². The lowest BCUT2D eigenvalue weighted by atomic mass is 9.90. The van der Waals surface area contributed by atoms with Crippen molar-refractivity contribution in [3.05, 3.63) is 58.1 Å². The van der Waals surface area contributed by atoms with Gasteiger partial charge < -0.3 is 10.6 Å². The molecule has 0 bridgehead atoms. The van der Waals surface area contributed by atoms with Crippen molar-refractivity contribution in [1.82, 2.24) is 0 Å². The van der Waals surface area contributed by atoms with Crippen LogP contribution in [0.4, 0.5) is 24.5 Å². The second-order valence-electron chi connectivity index (χ2n) is 5.57. The van der Waals surface area contributed by atoms with Gasteiger partial charge >= 0.3 is 6.18 Å². The number of rotatable bonds is 2. The van der Waals surface area contributed by atoms with Gasteiger partial charge in [0.1, 0.15) is 0 Å². The van der Waals surface area contributed by atoms with Gasteiger partial charge in [-0.15, -0.1) is 0 Å². The summed E-state index contributed by atoms with van der Waals surface area (Å²) < 4.78 is 38.8. The van der Waals surface area contributed by atoms with Gasteiger partial charge in [0.25, 0.3) is 0 Å². The van der Waals surface area contributed by atoms with Crippen LogP contribution < -0.4 is 10.6 Å². The number of hydrogen-bond donors (Lipinski definition) is 2. The molecule has 0 saturated carbocycles. The summed E-state index contributed by atoms with van der Waals surface area (Å²) in [6.45, 7) is 0. The van der Waals surface area contributed by atoms with Crippen molar-refractivity contribution in [2.45, 2.75) is 18.5 Å². The molecule has 0 radical (unpaired) electrons. The van der Waals surface area contributed by atoms with Crippen molar-refractivity contribution in [3.63, 3.8) is 0 Å². The molecule has 2 aromatic rings. The zero-order valence-corrected chi connectivity index (χ0v) is 14.2. The molecule has 0 aliphatic carbocycles. The van der Waals surface area contributed by atoms with Crippen LogP contribution in [-0.2, 0) is 15.8 Å². The van der Waals surface area contributed by atoms with Gasteiger partial charge in [0, 0.05) is 22.3 Å². The van der Waals surface area contributed by atoms with E-state index >= 15 is 0 Å². The first-order valence-electron chi connectivity index (χ1n) is 7.32.